The van der Waals surface area contributed by atoms with Crippen LogP contribution in [0.1, 0.15) is 0 Å². The van der Waals surface area contributed by atoms with Crippen molar-refractivity contribution >= 4 is 33.2 Å². The first-order valence-corrected chi connectivity index (χ1v) is 8.61. The number of carbonyl (C=O) groups excluding carboxylic acids is 1. The molecule has 0 saturated carbocycles. The molecule has 0 aliphatic rings. The molecule has 0 radical (unpaired) electrons. The Morgan fingerprint density at radius 1 is 0.920 bits per heavy atom. The summed E-state index contributed by atoms with van der Waals surface area (Å²) >= 11 is 3.39. The second kappa shape index (κ2) is 8.35. The molecule has 25 heavy (non-hydrogen) atoms. The summed E-state index contributed by atoms with van der Waals surface area (Å²) in [6.07, 6.45) is 0. The van der Waals surface area contributed by atoms with Crippen molar-refractivity contribution < 1.29 is 9.53 Å². The van der Waals surface area contributed by atoms with Gasteiger partial charge in [-0.05, 0) is 42.5 Å². The molecule has 0 unspecified atom stereocenters. The quantitative estimate of drug-likeness (QED) is 0.594. The topological polar surface area (TPSA) is 50.4 Å². The fourth-order valence-corrected chi connectivity index (χ4v) is 2.66. The van der Waals surface area contributed by atoms with Crippen LogP contribution in [0, 0.1) is 0 Å². The minimum absolute atomic E-state index is 0.132. The van der Waals surface area contributed by atoms with Gasteiger partial charge in [0.05, 0.1) is 12.2 Å². The summed E-state index contributed by atoms with van der Waals surface area (Å²) in [5, 5.41) is 5.97. The molecule has 1 amide bonds. The smallest absolute Gasteiger partial charge is 0.243 e. The number of para-hydroxylation sites is 3. The maximum Gasteiger partial charge on any atom is 0.243 e. The van der Waals surface area contributed by atoms with E-state index >= 15 is 0 Å². The third-order valence-corrected chi connectivity index (χ3v) is 3.90. The zero-order chi connectivity index (χ0) is 17.5. The van der Waals surface area contributed by atoms with E-state index < -0.39 is 0 Å². The largest absolute Gasteiger partial charge is 0.455 e. The summed E-state index contributed by atoms with van der Waals surface area (Å²) in [5.41, 5.74) is 1.51. The zero-order valence-electron chi connectivity index (χ0n) is 13.4. The number of hydrogen-bond acceptors (Lipinski definition) is 3. The summed E-state index contributed by atoms with van der Waals surface area (Å²) in [4.78, 5) is 12.1. The number of hydrogen-bond donors (Lipinski definition) is 2. The highest BCUT2D eigenvalue weighted by Gasteiger charge is 2.07. The summed E-state index contributed by atoms with van der Waals surface area (Å²) < 4.78 is 6.79. The Labute approximate surface area is 155 Å². The van der Waals surface area contributed by atoms with Crippen molar-refractivity contribution in [1.29, 1.82) is 0 Å². The monoisotopic (exact) mass is 396 g/mol. The second-order valence-electron chi connectivity index (χ2n) is 5.32. The predicted octanol–water partition coefficient (Wildman–Crippen LogP) is 5.29. The van der Waals surface area contributed by atoms with Gasteiger partial charge in [-0.15, -0.1) is 0 Å². The van der Waals surface area contributed by atoms with Crippen LogP contribution in [0.3, 0.4) is 0 Å². The van der Waals surface area contributed by atoms with E-state index in [4.69, 9.17) is 4.74 Å². The number of rotatable bonds is 6. The van der Waals surface area contributed by atoms with Crippen molar-refractivity contribution in [1.82, 2.24) is 0 Å². The number of halogens is 1. The number of benzene rings is 3. The van der Waals surface area contributed by atoms with E-state index in [0.717, 1.165) is 21.6 Å². The molecule has 0 bridgehead atoms. The summed E-state index contributed by atoms with van der Waals surface area (Å²) in [5.74, 6) is 1.28. The van der Waals surface area contributed by atoms with Crippen LogP contribution < -0.4 is 15.4 Å². The van der Waals surface area contributed by atoms with Gasteiger partial charge in [-0.3, -0.25) is 4.79 Å². The maximum absolute atomic E-state index is 12.1. The van der Waals surface area contributed by atoms with Gasteiger partial charge in [0, 0.05) is 10.2 Å². The van der Waals surface area contributed by atoms with E-state index in [9.17, 15) is 4.79 Å². The van der Waals surface area contributed by atoms with Gasteiger partial charge in [0.25, 0.3) is 0 Å². The van der Waals surface area contributed by atoms with Crippen LogP contribution in [0.2, 0.25) is 0 Å². The van der Waals surface area contributed by atoms with E-state index in [0.29, 0.717) is 5.75 Å². The minimum Gasteiger partial charge on any atom is -0.455 e. The van der Waals surface area contributed by atoms with E-state index in [-0.39, 0.29) is 12.5 Å². The van der Waals surface area contributed by atoms with Gasteiger partial charge in [0.1, 0.15) is 5.75 Å². The van der Waals surface area contributed by atoms with Crippen molar-refractivity contribution in [2.45, 2.75) is 0 Å². The van der Waals surface area contributed by atoms with Crippen LogP contribution in [-0.4, -0.2) is 12.5 Å². The first-order valence-electron chi connectivity index (χ1n) is 7.82. The van der Waals surface area contributed by atoms with E-state index in [2.05, 4.69) is 26.6 Å². The number of amides is 1. The average molecular weight is 397 g/mol. The molecule has 126 valence electrons. The van der Waals surface area contributed by atoms with Gasteiger partial charge in [0.2, 0.25) is 5.91 Å². The molecule has 0 spiro atoms. The van der Waals surface area contributed by atoms with Gasteiger partial charge < -0.3 is 15.4 Å². The number of ether oxygens (including phenoxy) is 1. The molecule has 0 aromatic heterocycles. The Kier molecular flexibility index (Phi) is 5.69. The van der Waals surface area contributed by atoms with Crippen LogP contribution >= 0.6 is 15.9 Å². The minimum atomic E-state index is -0.132. The van der Waals surface area contributed by atoms with Crippen molar-refractivity contribution in [2.75, 3.05) is 17.2 Å². The SMILES string of the molecule is O=C(CNc1ccccc1Oc1ccccc1)Nc1cccc(Br)c1. The lowest BCUT2D eigenvalue weighted by molar-refractivity contribution is -0.114. The molecule has 0 atom stereocenters. The third-order valence-electron chi connectivity index (χ3n) is 3.41. The Morgan fingerprint density at radius 3 is 2.48 bits per heavy atom. The predicted molar refractivity (Wildman–Crippen MR) is 104 cm³/mol. The van der Waals surface area contributed by atoms with Crippen LogP contribution in [0.4, 0.5) is 11.4 Å². The standard InChI is InChI=1S/C20H17BrN2O2/c21-15-7-6-8-16(13-15)23-20(24)14-22-18-11-4-5-12-19(18)25-17-9-2-1-3-10-17/h1-13,22H,14H2,(H,23,24). The molecular weight excluding hydrogens is 380 g/mol. The van der Waals surface area contributed by atoms with Crippen molar-refractivity contribution in [3.8, 4) is 11.5 Å². The van der Waals surface area contributed by atoms with E-state index in [1.54, 1.807) is 0 Å². The fraction of sp³-hybridized carbons (Fsp3) is 0.0500. The van der Waals surface area contributed by atoms with Crippen LogP contribution in [0.5, 0.6) is 11.5 Å². The normalized spacial score (nSPS) is 10.1. The molecule has 0 heterocycles. The molecule has 5 heteroatoms. The van der Waals surface area contributed by atoms with Crippen LogP contribution in [-0.2, 0) is 4.79 Å². The van der Waals surface area contributed by atoms with E-state index in [1.807, 2.05) is 78.9 Å². The second-order valence-corrected chi connectivity index (χ2v) is 6.24. The molecule has 0 fully saturated rings. The van der Waals surface area contributed by atoms with Crippen molar-refractivity contribution in [3.05, 3.63) is 83.3 Å². The highest BCUT2D eigenvalue weighted by atomic mass is 79.9. The third kappa shape index (κ3) is 5.09. The number of nitrogens with one attached hydrogen (secondary N) is 2. The highest BCUT2D eigenvalue weighted by molar-refractivity contribution is 9.10. The van der Waals surface area contributed by atoms with Gasteiger partial charge in [-0.2, -0.15) is 0 Å². The fourth-order valence-electron chi connectivity index (χ4n) is 2.26. The maximum atomic E-state index is 12.1. The number of carbonyl (C=O) groups is 1. The van der Waals surface area contributed by atoms with Crippen molar-refractivity contribution in [3.63, 3.8) is 0 Å². The van der Waals surface area contributed by atoms with Gasteiger partial charge in [-0.1, -0.05) is 52.3 Å². The molecule has 2 N–H and O–H groups in total. The summed E-state index contributed by atoms with van der Waals surface area (Å²) in [7, 11) is 0. The molecule has 0 saturated heterocycles. The first kappa shape index (κ1) is 17.0. The number of anilines is 2. The molecule has 3 aromatic rings. The molecule has 0 aliphatic heterocycles. The van der Waals surface area contributed by atoms with Crippen LogP contribution in [0.15, 0.2) is 83.3 Å². The highest BCUT2D eigenvalue weighted by Crippen LogP contribution is 2.28. The van der Waals surface area contributed by atoms with Gasteiger partial charge in [0.15, 0.2) is 5.75 Å². The van der Waals surface area contributed by atoms with Gasteiger partial charge in [-0.25, -0.2) is 0 Å². The Bertz CT molecular complexity index is 853. The molecule has 3 rings (SSSR count). The molecule has 4 nitrogen and oxygen atoms in total. The van der Waals surface area contributed by atoms with Gasteiger partial charge >= 0.3 is 0 Å². The first-order chi connectivity index (χ1) is 12.2. The lowest BCUT2D eigenvalue weighted by Gasteiger charge is -2.13. The lowest BCUT2D eigenvalue weighted by Crippen LogP contribution is -2.21. The Hall–Kier alpha value is -2.79. The van der Waals surface area contributed by atoms with E-state index in [1.165, 1.54) is 0 Å². The van der Waals surface area contributed by atoms with Crippen molar-refractivity contribution in [2.24, 2.45) is 0 Å². The molecule has 3 aromatic carbocycles. The summed E-state index contributed by atoms with van der Waals surface area (Å²) in [6.45, 7) is 0.141. The molecular formula is C20H17BrN2O2. The molecule has 0 aliphatic carbocycles. The van der Waals surface area contributed by atoms with Crippen LogP contribution in [0.25, 0.3) is 0 Å². The zero-order valence-corrected chi connectivity index (χ0v) is 15.0. The Morgan fingerprint density at radius 2 is 1.68 bits per heavy atom. The summed E-state index contributed by atoms with van der Waals surface area (Å²) in [6, 6.07) is 24.5. The lowest BCUT2D eigenvalue weighted by atomic mass is 10.2. The Balaban J connectivity index is 1.62. The average Bonchev–Trinajstić information content (AvgIpc) is 2.62.